The van der Waals surface area contributed by atoms with Gasteiger partial charge in [-0.15, -0.1) is 0 Å². The Balaban J connectivity index is 1.55. The van der Waals surface area contributed by atoms with Gasteiger partial charge in [0.25, 0.3) is 5.56 Å². The number of hydrogen-bond acceptors (Lipinski definition) is 4. The fourth-order valence-electron chi connectivity index (χ4n) is 3.70. The number of carbonyl (C=O) groups is 1. The smallest absolute Gasteiger partial charge is 0.283 e. The van der Waals surface area contributed by atoms with Crippen molar-refractivity contribution < 1.29 is 4.79 Å². The first kappa shape index (κ1) is 24.5. The van der Waals surface area contributed by atoms with Crippen LogP contribution in [-0.2, 0) is 4.79 Å². The van der Waals surface area contributed by atoms with Crippen molar-refractivity contribution in [1.29, 1.82) is 0 Å². The van der Waals surface area contributed by atoms with Gasteiger partial charge in [-0.25, -0.2) is 4.98 Å². The Kier molecular flexibility index (Phi) is 7.07. The Morgan fingerprint density at radius 1 is 0.972 bits per heavy atom. The summed E-state index contributed by atoms with van der Waals surface area (Å²) in [5.74, 6) is -0.335. The number of rotatable bonds is 6. The molecule has 0 unspecified atom stereocenters. The van der Waals surface area contributed by atoms with E-state index >= 15 is 0 Å². The third-order valence-corrected chi connectivity index (χ3v) is 7.13. The first-order valence-corrected chi connectivity index (χ1v) is 12.9. The van der Waals surface area contributed by atoms with Crippen molar-refractivity contribution in [2.75, 3.05) is 11.1 Å². The summed E-state index contributed by atoms with van der Waals surface area (Å²) in [4.78, 5) is 34.3. The number of amides is 1. The summed E-state index contributed by atoms with van der Waals surface area (Å²) in [5.41, 5.74) is 3.30. The maximum Gasteiger partial charge on any atom is 0.283 e. The van der Waals surface area contributed by atoms with E-state index in [1.165, 1.54) is 4.57 Å². The summed E-state index contributed by atoms with van der Waals surface area (Å²) in [6, 6.07) is 21.3. The molecular weight excluding hydrogens is 539 g/mol. The molecule has 10 heteroatoms. The Morgan fingerprint density at radius 2 is 1.69 bits per heavy atom. The summed E-state index contributed by atoms with van der Waals surface area (Å²) in [6.07, 6.45) is 1.77. The van der Waals surface area contributed by atoms with Crippen molar-refractivity contribution in [2.45, 2.75) is 5.16 Å². The molecule has 0 saturated carbocycles. The van der Waals surface area contributed by atoms with E-state index in [9.17, 15) is 9.59 Å². The minimum Gasteiger partial charge on any atom is -0.355 e. The molecule has 0 radical (unpaired) electrons. The molecule has 2 heterocycles. The van der Waals surface area contributed by atoms with Gasteiger partial charge in [0.2, 0.25) is 5.91 Å². The van der Waals surface area contributed by atoms with Crippen LogP contribution in [0, 0.1) is 0 Å². The lowest BCUT2D eigenvalue weighted by atomic mass is 10.1. The zero-order valence-corrected chi connectivity index (χ0v) is 21.6. The second-order valence-corrected chi connectivity index (χ2v) is 9.99. The predicted molar refractivity (Wildman–Crippen MR) is 148 cm³/mol. The Hall–Kier alpha value is -3.23. The summed E-state index contributed by atoms with van der Waals surface area (Å²) in [7, 11) is 0. The quantitative estimate of drug-likeness (QED) is 0.173. The van der Waals surface area contributed by atoms with Gasteiger partial charge in [0.05, 0.1) is 22.2 Å². The number of thioether (sulfide) groups is 1. The van der Waals surface area contributed by atoms with Crippen LogP contribution in [0.5, 0.6) is 0 Å². The highest BCUT2D eigenvalue weighted by Crippen LogP contribution is 2.30. The van der Waals surface area contributed by atoms with Gasteiger partial charge in [-0.3, -0.25) is 14.2 Å². The largest absolute Gasteiger partial charge is 0.355 e. The van der Waals surface area contributed by atoms with Crippen molar-refractivity contribution >= 4 is 69.2 Å². The molecule has 3 aromatic carbocycles. The maximum atomic E-state index is 13.6. The second-order valence-electron chi connectivity index (χ2n) is 7.76. The number of nitrogens with one attached hydrogen (secondary N) is 2. The number of nitrogens with zero attached hydrogens (tertiary/aromatic N) is 2. The van der Waals surface area contributed by atoms with Crippen LogP contribution in [0.1, 0.15) is 0 Å². The molecule has 0 aliphatic carbocycles. The molecule has 0 atom stereocenters. The van der Waals surface area contributed by atoms with Crippen molar-refractivity contribution in [2.24, 2.45) is 0 Å². The SMILES string of the molecule is O=C(CSc1nc2c(-c3ccccc3)c[nH]c2c(=O)n1-c1ccc(Cl)cc1)Nc1cc(Cl)ccc1Cl. The van der Waals surface area contributed by atoms with Gasteiger partial charge in [-0.05, 0) is 48.0 Å². The standard InChI is InChI=1S/C26H17Cl3N4O2S/c27-16-6-9-18(10-7-16)33-25(35)24-23(19(13-30-24)15-4-2-1-3-5-15)32-26(33)36-14-22(34)31-21-12-17(28)8-11-20(21)29/h1-13,30H,14H2,(H,31,34). The molecule has 2 aromatic heterocycles. The molecule has 5 rings (SSSR count). The number of aromatic amines is 1. The number of benzene rings is 3. The molecule has 0 bridgehead atoms. The minimum absolute atomic E-state index is 0.0144. The summed E-state index contributed by atoms with van der Waals surface area (Å²) < 4.78 is 1.47. The van der Waals surface area contributed by atoms with Gasteiger partial charge in [-0.1, -0.05) is 76.9 Å². The van der Waals surface area contributed by atoms with E-state index in [4.69, 9.17) is 39.8 Å². The molecule has 5 aromatic rings. The molecule has 0 aliphatic rings. The first-order chi connectivity index (χ1) is 17.4. The van der Waals surface area contributed by atoms with Crippen molar-refractivity contribution in [1.82, 2.24) is 14.5 Å². The molecule has 0 spiro atoms. The zero-order valence-electron chi connectivity index (χ0n) is 18.5. The van der Waals surface area contributed by atoms with Crippen LogP contribution < -0.4 is 10.9 Å². The average Bonchev–Trinajstić information content (AvgIpc) is 3.31. The number of H-pyrrole nitrogens is 1. The zero-order chi connectivity index (χ0) is 25.2. The van der Waals surface area contributed by atoms with E-state index in [1.807, 2.05) is 30.3 Å². The topological polar surface area (TPSA) is 79.8 Å². The van der Waals surface area contributed by atoms with Crippen LogP contribution in [0.15, 0.2) is 88.9 Å². The molecule has 1 amide bonds. The lowest BCUT2D eigenvalue weighted by molar-refractivity contribution is -0.113. The molecule has 6 nitrogen and oxygen atoms in total. The van der Waals surface area contributed by atoms with Crippen LogP contribution in [0.4, 0.5) is 5.69 Å². The van der Waals surface area contributed by atoms with Crippen LogP contribution >= 0.6 is 46.6 Å². The van der Waals surface area contributed by atoms with Crippen LogP contribution in [0.2, 0.25) is 15.1 Å². The van der Waals surface area contributed by atoms with E-state index in [-0.39, 0.29) is 17.2 Å². The van der Waals surface area contributed by atoms with E-state index in [1.54, 1.807) is 48.7 Å². The van der Waals surface area contributed by atoms with E-state index < -0.39 is 0 Å². The Bertz CT molecular complexity index is 1630. The fourth-order valence-corrected chi connectivity index (χ4v) is 4.97. The molecule has 2 N–H and O–H groups in total. The van der Waals surface area contributed by atoms with Gasteiger partial charge in [0.1, 0.15) is 11.0 Å². The van der Waals surface area contributed by atoms with E-state index in [2.05, 4.69) is 10.3 Å². The summed E-state index contributed by atoms with van der Waals surface area (Å²) >= 11 is 19.4. The molecule has 0 aliphatic heterocycles. The number of aromatic nitrogens is 3. The Morgan fingerprint density at radius 3 is 2.44 bits per heavy atom. The molecule has 180 valence electrons. The van der Waals surface area contributed by atoms with Crippen LogP contribution in [0.3, 0.4) is 0 Å². The van der Waals surface area contributed by atoms with Crippen molar-refractivity contribution in [3.8, 4) is 16.8 Å². The minimum atomic E-state index is -0.321. The highest BCUT2D eigenvalue weighted by molar-refractivity contribution is 7.99. The maximum absolute atomic E-state index is 13.6. The predicted octanol–water partition coefficient (Wildman–Crippen LogP) is 7.07. The highest BCUT2D eigenvalue weighted by Gasteiger charge is 2.19. The van der Waals surface area contributed by atoms with Gasteiger partial charge >= 0.3 is 0 Å². The van der Waals surface area contributed by atoms with Gasteiger partial charge in [-0.2, -0.15) is 0 Å². The molecule has 0 fully saturated rings. The van der Waals surface area contributed by atoms with Crippen molar-refractivity contribution in [3.63, 3.8) is 0 Å². The molecular formula is C26H17Cl3N4O2S. The number of anilines is 1. The third-order valence-electron chi connectivity index (χ3n) is 5.37. The highest BCUT2D eigenvalue weighted by atomic mass is 35.5. The monoisotopic (exact) mass is 554 g/mol. The number of hydrogen-bond donors (Lipinski definition) is 2. The average molecular weight is 556 g/mol. The normalized spacial score (nSPS) is 11.1. The van der Waals surface area contributed by atoms with Crippen LogP contribution in [0.25, 0.3) is 27.8 Å². The van der Waals surface area contributed by atoms with E-state index in [0.717, 1.165) is 22.9 Å². The van der Waals surface area contributed by atoms with Gasteiger partial charge < -0.3 is 10.3 Å². The van der Waals surface area contributed by atoms with Gasteiger partial charge in [0.15, 0.2) is 5.16 Å². The van der Waals surface area contributed by atoms with Crippen molar-refractivity contribution in [3.05, 3.63) is 104 Å². The number of halogens is 3. The Labute approximate surface area is 225 Å². The van der Waals surface area contributed by atoms with E-state index in [0.29, 0.717) is 42.6 Å². The number of carbonyl (C=O) groups excluding carboxylic acids is 1. The summed E-state index contributed by atoms with van der Waals surface area (Å²) in [5, 5.41) is 4.48. The molecule has 0 saturated heterocycles. The fraction of sp³-hybridized carbons (Fsp3) is 0.0385. The van der Waals surface area contributed by atoms with Gasteiger partial charge in [0, 0.05) is 21.8 Å². The lowest BCUT2D eigenvalue weighted by Gasteiger charge is -2.13. The second kappa shape index (κ2) is 10.4. The third kappa shape index (κ3) is 5.01. The number of fused-ring (bicyclic) bond motifs is 1. The van der Waals surface area contributed by atoms with Crippen LogP contribution in [-0.4, -0.2) is 26.2 Å². The lowest BCUT2D eigenvalue weighted by Crippen LogP contribution is -2.23. The summed E-state index contributed by atoms with van der Waals surface area (Å²) in [6.45, 7) is 0. The molecule has 36 heavy (non-hydrogen) atoms. The first-order valence-electron chi connectivity index (χ1n) is 10.7.